The molecule has 1 saturated carbocycles. The van der Waals surface area contributed by atoms with E-state index in [1.807, 2.05) is 19.9 Å². The highest BCUT2D eigenvalue weighted by Gasteiger charge is 2.23. The summed E-state index contributed by atoms with van der Waals surface area (Å²) in [5.74, 6) is 0.316. The zero-order chi connectivity index (χ0) is 19.4. The maximum atomic E-state index is 12.8. The minimum Gasteiger partial charge on any atom is -0.492 e. The number of sulfonamides is 1. The highest BCUT2D eigenvalue weighted by atomic mass is 32.2. The summed E-state index contributed by atoms with van der Waals surface area (Å²) < 4.78 is 33.6. The largest absolute Gasteiger partial charge is 0.492 e. The van der Waals surface area contributed by atoms with Crippen LogP contribution in [0.25, 0.3) is 0 Å². The molecule has 1 aliphatic carbocycles. The van der Waals surface area contributed by atoms with Gasteiger partial charge in [-0.3, -0.25) is 9.52 Å². The second-order valence-corrected chi connectivity index (χ2v) is 8.36. The number of rotatable bonds is 8. The zero-order valence-electron chi connectivity index (χ0n) is 15.5. The third-order valence-electron chi connectivity index (χ3n) is 4.20. The summed E-state index contributed by atoms with van der Waals surface area (Å²) in [4.78, 5) is 12.0. The molecular weight excluding hydrogens is 364 g/mol. The van der Waals surface area contributed by atoms with Crippen molar-refractivity contribution in [3.05, 3.63) is 53.6 Å². The Morgan fingerprint density at radius 1 is 1.15 bits per heavy atom. The molecule has 27 heavy (non-hydrogen) atoms. The first-order valence-electron chi connectivity index (χ1n) is 9.02. The van der Waals surface area contributed by atoms with Gasteiger partial charge in [0.2, 0.25) is 5.91 Å². The average molecular weight is 388 g/mol. The van der Waals surface area contributed by atoms with Crippen LogP contribution < -0.4 is 14.8 Å². The van der Waals surface area contributed by atoms with Gasteiger partial charge in [0.1, 0.15) is 10.6 Å². The van der Waals surface area contributed by atoms with Gasteiger partial charge in [0.15, 0.2) is 0 Å². The van der Waals surface area contributed by atoms with Gasteiger partial charge in [-0.2, -0.15) is 0 Å². The summed E-state index contributed by atoms with van der Waals surface area (Å²) in [6.45, 7) is 4.02. The van der Waals surface area contributed by atoms with Gasteiger partial charge in [-0.15, -0.1) is 0 Å². The van der Waals surface area contributed by atoms with Crippen LogP contribution in [0.1, 0.15) is 30.9 Å². The lowest BCUT2D eigenvalue weighted by atomic mass is 10.1. The van der Waals surface area contributed by atoms with Gasteiger partial charge in [0, 0.05) is 11.7 Å². The summed E-state index contributed by atoms with van der Waals surface area (Å²) in [6.07, 6.45) is 2.39. The van der Waals surface area contributed by atoms with E-state index in [2.05, 4.69) is 10.0 Å². The molecule has 0 saturated heterocycles. The van der Waals surface area contributed by atoms with Gasteiger partial charge in [0.05, 0.1) is 13.0 Å². The summed E-state index contributed by atoms with van der Waals surface area (Å²) in [7, 11) is -3.79. The summed E-state index contributed by atoms with van der Waals surface area (Å²) >= 11 is 0. The van der Waals surface area contributed by atoms with Crippen molar-refractivity contribution < 1.29 is 17.9 Å². The van der Waals surface area contributed by atoms with Crippen LogP contribution in [0, 0.1) is 6.92 Å². The molecule has 6 nitrogen and oxygen atoms in total. The monoisotopic (exact) mass is 388 g/mol. The Balaban J connectivity index is 1.72. The van der Waals surface area contributed by atoms with E-state index in [-0.39, 0.29) is 17.2 Å². The fourth-order valence-electron chi connectivity index (χ4n) is 2.69. The predicted octanol–water partition coefficient (Wildman–Crippen LogP) is 3.02. The molecule has 2 aromatic carbocycles. The van der Waals surface area contributed by atoms with Crippen LogP contribution >= 0.6 is 0 Å². The van der Waals surface area contributed by atoms with E-state index in [4.69, 9.17) is 4.74 Å². The van der Waals surface area contributed by atoms with Gasteiger partial charge >= 0.3 is 0 Å². The molecule has 0 unspecified atom stereocenters. The van der Waals surface area contributed by atoms with Crippen molar-refractivity contribution in [2.75, 3.05) is 11.3 Å². The molecule has 2 aromatic rings. The van der Waals surface area contributed by atoms with Gasteiger partial charge in [0.25, 0.3) is 10.0 Å². The Hall–Kier alpha value is -2.54. The van der Waals surface area contributed by atoms with Crippen LogP contribution in [-0.2, 0) is 21.2 Å². The second kappa shape index (κ2) is 8.00. The highest BCUT2D eigenvalue weighted by molar-refractivity contribution is 7.92. The molecule has 2 N–H and O–H groups in total. The Morgan fingerprint density at radius 3 is 2.48 bits per heavy atom. The molecule has 0 heterocycles. The van der Waals surface area contributed by atoms with Crippen LogP contribution in [0.5, 0.6) is 5.75 Å². The molecular formula is C20H24N2O4S. The van der Waals surface area contributed by atoms with E-state index >= 15 is 0 Å². The number of hydrogen-bond acceptors (Lipinski definition) is 4. The van der Waals surface area contributed by atoms with E-state index in [1.165, 1.54) is 0 Å². The van der Waals surface area contributed by atoms with Crippen molar-refractivity contribution in [2.45, 2.75) is 44.0 Å². The minimum atomic E-state index is -3.79. The highest BCUT2D eigenvalue weighted by Crippen LogP contribution is 2.27. The van der Waals surface area contributed by atoms with Crippen LogP contribution in [-0.4, -0.2) is 27.0 Å². The number of amides is 1. The van der Waals surface area contributed by atoms with Crippen LogP contribution in [0.4, 0.5) is 5.69 Å². The Kier molecular flexibility index (Phi) is 5.70. The molecule has 1 aliphatic rings. The van der Waals surface area contributed by atoms with Gasteiger partial charge in [-0.25, -0.2) is 8.42 Å². The first-order chi connectivity index (χ1) is 12.9. The van der Waals surface area contributed by atoms with E-state index in [0.29, 0.717) is 24.1 Å². The standard InChI is InChI=1S/C20H24N2O4S/c1-3-26-18-11-4-14(2)12-19(18)27(24,25)22-17-7-5-15(6-8-17)13-20(23)21-16-9-10-16/h4-8,11-12,16,22H,3,9-10,13H2,1-2H3,(H,21,23). The van der Waals surface area contributed by atoms with E-state index in [0.717, 1.165) is 24.0 Å². The SMILES string of the molecule is CCOc1ccc(C)cc1S(=O)(=O)Nc1ccc(CC(=O)NC2CC2)cc1. The zero-order valence-corrected chi connectivity index (χ0v) is 16.3. The Morgan fingerprint density at radius 2 is 1.85 bits per heavy atom. The average Bonchev–Trinajstić information content (AvgIpc) is 3.42. The number of nitrogens with one attached hydrogen (secondary N) is 2. The summed E-state index contributed by atoms with van der Waals surface area (Å²) in [5.41, 5.74) is 2.10. The van der Waals surface area contributed by atoms with Crippen molar-refractivity contribution in [1.29, 1.82) is 0 Å². The third-order valence-corrected chi connectivity index (χ3v) is 5.60. The molecule has 1 fully saturated rings. The lowest BCUT2D eigenvalue weighted by molar-refractivity contribution is -0.120. The summed E-state index contributed by atoms with van der Waals surface area (Å²) in [6, 6.07) is 12.2. The van der Waals surface area contributed by atoms with Crippen molar-refractivity contribution in [2.24, 2.45) is 0 Å². The Labute approximate surface area is 160 Å². The number of benzene rings is 2. The number of aryl methyl sites for hydroxylation is 1. The maximum Gasteiger partial charge on any atom is 0.265 e. The molecule has 1 amide bonds. The number of anilines is 1. The normalized spacial score (nSPS) is 13.9. The molecule has 0 spiro atoms. The van der Waals surface area contributed by atoms with Gasteiger partial charge in [-0.1, -0.05) is 18.2 Å². The molecule has 7 heteroatoms. The first kappa shape index (κ1) is 19.2. The Bertz CT molecular complexity index is 919. The molecule has 0 atom stereocenters. The molecule has 144 valence electrons. The van der Waals surface area contributed by atoms with Crippen LogP contribution in [0.2, 0.25) is 0 Å². The third kappa shape index (κ3) is 5.23. The van der Waals surface area contributed by atoms with Crippen LogP contribution in [0.3, 0.4) is 0 Å². The van der Waals surface area contributed by atoms with E-state index in [9.17, 15) is 13.2 Å². The molecule has 3 rings (SSSR count). The van der Waals surface area contributed by atoms with Crippen molar-refractivity contribution in [1.82, 2.24) is 5.32 Å². The summed E-state index contributed by atoms with van der Waals surface area (Å²) in [5, 5.41) is 2.94. The molecule has 0 radical (unpaired) electrons. The number of hydrogen-bond donors (Lipinski definition) is 2. The molecule has 0 aromatic heterocycles. The number of carbonyl (C=O) groups is 1. The van der Waals surface area contributed by atoms with Gasteiger partial charge in [-0.05, 0) is 62.1 Å². The first-order valence-corrected chi connectivity index (χ1v) is 10.5. The maximum absolute atomic E-state index is 12.8. The second-order valence-electron chi connectivity index (χ2n) is 6.70. The topological polar surface area (TPSA) is 84.5 Å². The molecule has 0 bridgehead atoms. The number of carbonyl (C=O) groups excluding carboxylic acids is 1. The fraction of sp³-hybridized carbons (Fsp3) is 0.350. The van der Waals surface area contributed by atoms with Crippen LogP contribution in [0.15, 0.2) is 47.4 Å². The quantitative estimate of drug-likeness (QED) is 0.728. The lowest BCUT2D eigenvalue weighted by Gasteiger charge is -2.13. The van der Waals surface area contributed by atoms with Crippen molar-refractivity contribution in [3.8, 4) is 5.75 Å². The lowest BCUT2D eigenvalue weighted by Crippen LogP contribution is -2.26. The fourth-order valence-corrected chi connectivity index (χ4v) is 3.98. The van der Waals surface area contributed by atoms with Gasteiger partial charge < -0.3 is 10.1 Å². The molecule has 0 aliphatic heterocycles. The minimum absolute atomic E-state index is 0.00746. The number of ether oxygens (including phenoxy) is 1. The van der Waals surface area contributed by atoms with Crippen molar-refractivity contribution >= 4 is 21.6 Å². The van der Waals surface area contributed by atoms with Crippen molar-refractivity contribution in [3.63, 3.8) is 0 Å². The van der Waals surface area contributed by atoms with E-state index in [1.54, 1.807) is 36.4 Å². The predicted molar refractivity (Wildman–Crippen MR) is 104 cm³/mol. The van der Waals surface area contributed by atoms with E-state index < -0.39 is 10.0 Å². The smallest absolute Gasteiger partial charge is 0.265 e.